The van der Waals surface area contributed by atoms with Crippen LogP contribution in [0.25, 0.3) is 5.70 Å². The highest BCUT2D eigenvalue weighted by atomic mass is 19.4. The van der Waals surface area contributed by atoms with Gasteiger partial charge in [-0.05, 0) is 0 Å². The van der Waals surface area contributed by atoms with Gasteiger partial charge in [0, 0.05) is 12.1 Å². The van der Waals surface area contributed by atoms with E-state index in [1.54, 1.807) is 0 Å². The van der Waals surface area contributed by atoms with Gasteiger partial charge in [-0.3, -0.25) is 4.79 Å². The van der Waals surface area contributed by atoms with Gasteiger partial charge in [-0.2, -0.15) is 30.9 Å². The van der Waals surface area contributed by atoms with Crippen LogP contribution in [0.15, 0.2) is 36.4 Å². The fourth-order valence-corrected chi connectivity index (χ4v) is 1.16. The van der Waals surface area contributed by atoms with Crippen molar-refractivity contribution in [1.82, 2.24) is 0 Å². The molecule has 0 radical (unpaired) electrons. The normalized spacial score (nSPS) is 14.0. The lowest BCUT2D eigenvalue weighted by Gasteiger charge is -2.09. The molecule has 0 aliphatic carbocycles. The lowest BCUT2D eigenvalue weighted by molar-refractivity contribution is -0.580. The monoisotopic (exact) mass is 286 g/mol. The van der Waals surface area contributed by atoms with Gasteiger partial charge in [-0.1, -0.05) is 6.07 Å². The van der Waals surface area contributed by atoms with E-state index >= 15 is 0 Å². The highest BCUT2D eigenvalue weighted by Gasteiger charge is 2.52. The average molecular weight is 286 g/mol. The molecule has 1 aromatic rings. The Morgan fingerprint density at radius 2 is 1.37 bits per heavy atom. The van der Waals surface area contributed by atoms with Gasteiger partial charge in [-0.25, -0.2) is 0 Å². The Balaban J connectivity index is 3.50. The average Bonchev–Trinajstić information content (AvgIpc) is 2.28. The van der Waals surface area contributed by atoms with Crippen LogP contribution in [-0.2, 0) is 4.79 Å². The van der Waals surface area contributed by atoms with E-state index in [2.05, 4.69) is 0 Å². The van der Waals surface area contributed by atoms with E-state index in [0.29, 0.717) is 0 Å². The molecule has 3 nitrogen and oxygen atoms in total. The van der Waals surface area contributed by atoms with Gasteiger partial charge in [0.25, 0.3) is 5.76 Å². The van der Waals surface area contributed by atoms with Crippen LogP contribution in [0.4, 0.5) is 26.3 Å². The van der Waals surface area contributed by atoms with E-state index in [0.717, 1.165) is 24.5 Å². The van der Waals surface area contributed by atoms with Crippen molar-refractivity contribution in [2.45, 2.75) is 12.4 Å². The number of aliphatic hydroxyl groups is 1. The molecule has 1 rings (SSSR count). The van der Waals surface area contributed by atoms with Crippen molar-refractivity contribution in [3.8, 4) is 0 Å². The molecule has 0 spiro atoms. The van der Waals surface area contributed by atoms with Crippen LogP contribution in [0.2, 0.25) is 0 Å². The highest BCUT2D eigenvalue weighted by Crippen LogP contribution is 2.30. The lowest BCUT2D eigenvalue weighted by atomic mass is 10.2. The van der Waals surface area contributed by atoms with Crippen LogP contribution >= 0.6 is 0 Å². The van der Waals surface area contributed by atoms with Crippen LogP contribution in [-0.4, -0.2) is 23.2 Å². The quantitative estimate of drug-likeness (QED) is 0.392. The molecule has 0 saturated heterocycles. The number of ketones is 1. The Morgan fingerprint density at radius 3 is 1.74 bits per heavy atom. The number of aliphatic hydroxyl groups excluding tert-OH is 1. The van der Waals surface area contributed by atoms with Crippen molar-refractivity contribution in [2.75, 3.05) is 0 Å². The first kappa shape index (κ1) is 15.0. The third-order valence-corrected chi connectivity index (χ3v) is 1.94. The third kappa shape index (κ3) is 3.46. The molecule has 0 aromatic carbocycles. The first-order chi connectivity index (χ1) is 8.55. The molecule has 9 heteroatoms. The zero-order chi connectivity index (χ0) is 14.8. The van der Waals surface area contributed by atoms with E-state index in [1.807, 2.05) is 0 Å². The standard InChI is InChI=1S/C10H5F6NO2/c11-9(12,13)7(18)6(8(19)10(14,15)16)17-4-2-1-3-5-17/h1-5H/p+1. The molecule has 1 heterocycles. The summed E-state index contributed by atoms with van der Waals surface area (Å²) in [6.07, 6.45) is -9.46. The highest BCUT2D eigenvalue weighted by molar-refractivity contribution is 6.15. The van der Waals surface area contributed by atoms with E-state index in [1.165, 1.54) is 6.07 Å². The SMILES string of the molecule is O=C(/C(=C(\O)C(F)(F)F)[n+]1ccccc1)C(F)(F)F. The minimum Gasteiger partial charge on any atom is -0.499 e. The number of nitrogens with zero attached hydrogens (tertiary/aromatic N) is 1. The summed E-state index contributed by atoms with van der Waals surface area (Å²) in [5.41, 5.74) is -1.90. The second-order valence-electron chi connectivity index (χ2n) is 3.30. The minimum atomic E-state index is -5.54. The molecule has 1 N–H and O–H groups in total. The summed E-state index contributed by atoms with van der Waals surface area (Å²) in [6, 6.07) is 3.53. The lowest BCUT2D eigenvalue weighted by Crippen LogP contribution is -2.43. The number of hydrogen-bond donors (Lipinski definition) is 1. The number of aromatic nitrogens is 1. The molecule has 0 aliphatic rings. The third-order valence-electron chi connectivity index (χ3n) is 1.94. The van der Waals surface area contributed by atoms with Crippen molar-refractivity contribution in [2.24, 2.45) is 0 Å². The van der Waals surface area contributed by atoms with Crippen molar-refractivity contribution in [3.05, 3.63) is 36.4 Å². The van der Waals surface area contributed by atoms with Crippen LogP contribution in [0, 0.1) is 0 Å². The van der Waals surface area contributed by atoms with Gasteiger partial charge in [0.05, 0.1) is 0 Å². The smallest absolute Gasteiger partial charge is 0.461 e. The first-order valence-electron chi connectivity index (χ1n) is 4.63. The summed E-state index contributed by atoms with van der Waals surface area (Å²) in [4.78, 5) is 11.0. The molecule has 0 aliphatic heterocycles. The van der Waals surface area contributed by atoms with Gasteiger partial charge in [0.1, 0.15) is 0 Å². The molecule has 0 fully saturated rings. The minimum absolute atomic E-state index is 0.249. The van der Waals surface area contributed by atoms with Crippen molar-refractivity contribution < 1.29 is 40.8 Å². The number of pyridine rings is 1. The molecule has 104 valence electrons. The Labute approximate surface area is 102 Å². The van der Waals surface area contributed by atoms with Gasteiger partial charge in [0.2, 0.25) is 0 Å². The molecule has 0 unspecified atom stereocenters. The van der Waals surface area contributed by atoms with Crippen molar-refractivity contribution >= 4 is 11.5 Å². The summed E-state index contributed by atoms with van der Waals surface area (Å²) < 4.78 is 73.9. The second kappa shape index (κ2) is 4.90. The first-order valence-corrected chi connectivity index (χ1v) is 4.63. The fraction of sp³-hybridized carbons (Fsp3) is 0.200. The van der Waals surface area contributed by atoms with Crippen LogP contribution in [0.5, 0.6) is 0 Å². The summed E-state index contributed by atoms with van der Waals surface area (Å²) in [6.45, 7) is 0. The van der Waals surface area contributed by atoms with Crippen molar-refractivity contribution in [3.63, 3.8) is 0 Å². The largest absolute Gasteiger partial charge is 0.499 e. The predicted octanol–water partition coefficient (Wildman–Crippen LogP) is 2.39. The maximum atomic E-state index is 12.3. The number of alkyl halides is 6. The maximum Gasteiger partial charge on any atom is 0.461 e. The zero-order valence-corrected chi connectivity index (χ0v) is 8.96. The molecular weight excluding hydrogens is 280 g/mol. The van der Waals surface area contributed by atoms with E-state index < -0.39 is 29.6 Å². The van der Waals surface area contributed by atoms with Gasteiger partial charge < -0.3 is 5.11 Å². The number of carbonyl (C=O) groups excluding carboxylic acids is 1. The molecule has 0 amide bonds. The summed E-state index contributed by atoms with van der Waals surface area (Å²) in [5, 5.41) is 8.85. The van der Waals surface area contributed by atoms with Crippen LogP contribution in [0.1, 0.15) is 0 Å². The number of carbonyl (C=O) groups is 1. The summed E-state index contributed by atoms with van der Waals surface area (Å²) in [7, 11) is 0. The second-order valence-corrected chi connectivity index (χ2v) is 3.30. The Morgan fingerprint density at radius 1 is 0.895 bits per heavy atom. The fourth-order valence-electron chi connectivity index (χ4n) is 1.16. The summed E-state index contributed by atoms with van der Waals surface area (Å²) in [5.74, 6) is -5.40. The predicted molar refractivity (Wildman–Crippen MR) is 49.6 cm³/mol. The van der Waals surface area contributed by atoms with Crippen molar-refractivity contribution in [1.29, 1.82) is 0 Å². The van der Waals surface area contributed by atoms with E-state index in [-0.39, 0.29) is 4.57 Å². The van der Waals surface area contributed by atoms with E-state index in [9.17, 15) is 31.1 Å². The van der Waals surface area contributed by atoms with Gasteiger partial charge >= 0.3 is 23.8 Å². The van der Waals surface area contributed by atoms with E-state index in [4.69, 9.17) is 5.11 Å². The molecule has 0 bridgehead atoms. The number of halogens is 6. The molecule has 19 heavy (non-hydrogen) atoms. The number of rotatable bonds is 2. The topological polar surface area (TPSA) is 41.2 Å². The number of hydrogen-bond acceptors (Lipinski definition) is 2. The maximum absolute atomic E-state index is 12.3. The molecular formula is C10H6F6NO2+. The molecule has 0 saturated carbocycles. The van der Waals surface area contributed by atoms with Crippen LogP contribution in [0.3, 0.4) is 0 Å². The number of Topliss-reactive ketones (excluding diaryl/α,β-unsaturated/α-hetero) is 1. The molecule has 1 aromatic heterocycles. The number of allylic oxidation sites excluding steroid dienone is 2. The Bertz CT molecular complexity index is 503. The Kier molecular flexibility index (Phi) is 3.87. The van der Waals surface area contributed by atoms with Gasteiger partial charge in [-0.15, -0.1) is 0 Å². The Hall–Kier alpha value is -2.06. The molecule has 0 atom stereocenters. The zero-order valence-electron chi connectivity index (χ0n) is 8.96. The summed E-state index contributed by atoms with van der Waals surface area (Å²) >= 11 is 0. The van der Waals surface area contributed by atoms with Crippen LogP contribution < -0.4 is 4.57 Å². The van der Waals surface area contributed by atoms with Gasteiger partial charge in [0.15, 0.2) is 12.4 Å².